The minimum atomic E-state index is -2.61. The number of carbonyl (C=O) groups excluding carboxylic acids is 1. The molecule has 1 fully saturated rings. The van der Waals surface area contributed by atoms with E-state index in [2.05, 4.69) is 46.4 Å². The van der Waals surface area contributed by atoms with Crippen molar-refractivity contribution < 1.29 is 13.6 Å². The molecule has 0 saturated carbocycles. The minimum Gasteiger partial charge on any atom is -0.293 e. The molecule has 0 bridgehead atoms. The Hall–Kier alpha value is -3.45. The molecule has 0 unspecified atom stereocenters. The van der Waals surface area contributed by atoms with Gasteiger partial charge in [0.05, 0.1) is 12.1 Å². The fraction of sp³-hybridized carbons (Fsp3) is 0.321. The molecule has 35 heavy (non-hydrogen) atoms. The molecule has 0 amide bonds. The van der Waals surface area contributed by atoms with Gasteiger partial charge in [-0.1, -0.05) is 41.5 Å². The maximum atomic E-state index is 13.6. The maximum Gasteiger partial charge on any atom is 0.261 e. The Labute approximate surface area is 203 Å². The number of likely N-dealkylation sites (tertiary alicyclic amines) is 1. The second kappa shape index (κ2) is 9.66. The van der Waals surface area contributed by atoms with Crippen LogP contribution in [0.25, 0.3) is 22.0 Å². The van der Waals surface area contributed by atoms with Gasteiger partial charge in [-0.2, -0.15) is 5.10 Å². The lowest BCUT2D eigenvalue weighted by Crippen LogP contribution is -2.24. The Kier molecular flexibility index (Phi) is 6.43. The molecule has 7 heteroatoms. The Morgan fingerprint density at radius 2 is 2.09 bits per heavy atom. The highest BCUT2D eigenvalue weighted by Gasteiger charge is 2.37. The summed E-state index contributed by atoms with van der Waals surface area (Å²) >= 11 is 0. The van der Waals surface area contributed by atoms with Crippen molar-refractivity contribution in [1.82, 2.24) is 20.1 Å². The average molecular weight is 475 g/mol. The molecule has 1 aromatic carbocycles. The van der Waals surface area contributed by atoms with E-state index in [0.717, 1.165) is 34.0 Å². The van der Waals surface area contributed by atoms with Crippen molar-refractivity contribution in [3.05, 3.63) is 83.4 Å². The Morgan fingerprint density at radius 3 is 2.91 bits per heavy atom. The second-order valence-corrected chi connectivity index (χ2v) is 9.46. The maximum absolute atomic E-state index is 13.6. The number of allylic oxidation sites excluding steroid dienone is 6. The summed E-state index contributed by atoms with van der Waals surface area (Å²) in [7, 11) is 0. The van der Waals surface area contributed by atoms with E-state index in [0.29, 0.717) is 31.6 Å². The zero-order valence-corrected chi connectivity index (χ0v) is 19.7. The van der Waals surface area contributed by atoms with E-state index in [1.54, 1.807) is 17.3 Å². The van der Waals surface area contributed by atoms with E-state index in [1.165, 1.54) is 11.1 Å². The van der Waals surface area contributed by atoms with Gasteiger partial charge in [-0.25, -0.2) is 8.78 Å². The third-order valence-corrected chi connectivity index (χ3v) is 6.56. The number of hydrogen-bond donors (Lipinski definition) is 1. The van der Waals surface area contributed by atoms with Crippen LogP contribution in [0.2, 0.25) is 0 Å². The predicted octanol–water partition coefficient (Wildman–Crippen LogP) is 6.26. The first-order valence-corrected chi connectivity index (χ1v) is 12.0. The molecule has 5 nitrogen and oxygen atoms in total. The van der Waals surface area contributed by atoms with Crippen LogP contribution in [0.3, 0.4) is 0 Å². The van der Waals surface area contributed by atoms with Crippen molar-refractivity contribution in [3.8, 4) is 11.1 Å². The molecule has 3 heterocycles. The van der Waals surface area contributed by atoms with E-state index in [-0.39, 0.29) is 18.7 Å². The van der Waals surface area contributed by atoms with Gasteiger partial charge in [0.15, 0.2) is 5.78 Å². The highest BCUT2D eigenvalue weighted by molar-refractivity contribution is 6.06. The summed E-state index contributed by atoms with van der Waals surface area (Å²) in [5.74, 6) is -2.61. The number of alkyl halides is 2. The molecule has 2 aliphatic rings. The number of nitrogens with one attached hydrogen (secondary N) is 1. The van der Waals surface area contributed by atoms with Crippen LogP contribution in [0.1, 0.15) is 48.7 Å². The summed E-state index contributed by atoms with van der Waals surface area (Å²) in [5.41, 5.74) is 6.27. The van der Waals surface area contributed by atoms with Crippen molar-refractivity contribution in [2.24, 2.45) is 0 Å². The number of halogens is 2. The summed E-state index contributed by atoms with van der Waals surface area (Å²) in [6.07, 6.45) is 13.8. The van der Waals surface area contributed by atoms with E-state index < -0.39 is 5.92 Å². The van der Waals surface area contributed by atoms with Gasteiger partial charge >= 0.3 is 0 Å². The van der Waals surface area contributed by atoms with Crippen LogP contribution in [0.15, 0.2) is 72.1 Å². The zero-order valence-electron chi connectivity index (χ0n) is 19.7. The summed E-state index contributed by atoms with van der Waals surface area (Å²) in [6, 6.07) is 7.80. The molecule has 1 aliphatic carbocycles. The number of fused-ring (bicyclic) bond motifs is 1. The fourth-order valence-corrected chi connectivity index (χ4v) is 4.76. The van der Waals surface area contributed by atoms with Gasteiger partial charge in [-0.3, -0.25) is 19.8 Å². The zero-order chi connectivity index (χ0) is 24.4. The van der Waals surface area contributed by atoms with E-state index >= 15 is 0 Å². The van der Waals surface area contributed by atoms with Crippen LogP contribution >= 0.6 is 0 Å². The van der Waals surface area contributed by atoms with Crippen LogP contribution in [-0.2, 0) is 6.54 Å². The van der Waals surface area contributed by atoms with E-state index in [1.807, 2.05) is 24.3 Å². The molecule has 3 aromatic rings. The number of aromatic nitrogens is 3. The molecule has 5 rings (SSSR count). The topological polar surface area (TPSA) is 61.9 Å². The number of aromatic amines is 1. The minimum absolute atomic E-state index is 0.000559. The second-order valence-electron chi connectivity index (χ2n) is 9.46. The lowest BCUT2D eigenvalue weighted by atomic mass is 10.00. The number of carbonyl (C=O) groups is 1. The fourth-order valence-electron chi connectivity index (χ4n) is 4.76. The van der Waals surface area contributed by atoms with Gasteiger partial charge in [0.1, 0.15) is 5.69 Å². The monoisotopic (exact) mass is 474 g/mol. The predicted molar refractivity (Wildman–Crippen MR) is 133 cm³/mol. The smallest absolute Gasteiger partial charge is 0.261 e. The largest absolute Gasteiger partial charge is 0.293 e. The van der Waals surface area contributed by atoms with Crippen LogP contribution in [0.4, 0.5) is 8.78 Å². The molecule has 2 aromatic heterocycles. The van der Waals surface area contributed by atoms with E-state index in [9.17, 15) is 13.6 Å². The number of nitrogens with zero attached hydrogens (tertiary/aromatic N) is 3. The third-order valence-electron chi connectivity index (χ3n) is 6.56. The van der Waals surface area contributed by atoms with Gasteiger partial charge in [0, 0.05) is 49.3 Å². The molecule has 180 valence electrons. The average Bonchev–Trinajstić information content (AvgIpc) is 3.34. The summed E-state index contributed by atoms with van der Waals surface area (Å²) < 4.78 is 27.1. The van der Waals surface area contributed by atoms with Crippen LogP contribution in [0.5, 0.6) is 0 Å². The number of ketones is 1. The van der Waals surface area contributed by atoms with Crippen molar-refractivity contribution in [2.75, 3.05) is 13.1 Å². The SMILES string of the molecule is CC1=CC(CCC(=O)c2n[nH]c3ccc(-c4cncc(CN5CCC(F)(F)C5)c4)cc23)=CCC=C1. The quantitative estimate of drug-likeness (QED) is 0.411. The first-order chi connectivity index (χ1) is 16.9. The van der Waals surface area contributed by atoms with Gasteiger partial charge in [0.2, 0.25) is 0 Å². The summed E-state index contributed by atoms with van der Waals surface area (Å²) in [5, 5.41) is 8.06. The van der Waals surface area contributed by atoms with Gasteiger partial charge in [0.25, 0.3) is 5.92 Å². The van der Waals surface area contributed by atoms with Crippen LogP contribution in [-0.4, -0.2) is 44.9 Å². The molecule has 1 saturated heterocycles. The Balaban J connectivity index is 1.33. The normalized spacial score (nSPS) is 17.9. The number of rotatable bonds is 7. The molecule has 0 atom stereocenters. The lowest BCUT2D eigenvalue weighted by molar-refractivity contribution is 0.0115. The van der Waals surface area contributed by atoms with Crippen molar-refractivity contribution in [3.63, 3.8) is 0 Å². The first kappa shape index (κ1) is 23.3. The standard InChI is InChI=1S/C28H28F2N4O/c1-19-4-2-3-5-20(12-19)6-9-26(35)27-24-14-22(7-8-25(24)32-33-27)23-13-21(15-31-16-23)17-34-11-10-28(29,30)18-34/h2,4-5,7-8,12-16H,3,6,9-11,17-18H2,1H3,(H,32,33). The number of benzene rings is 1. The molecular weight excluding hydrogens is 446 g/mol. The van der Waals surface area contributed by atoms with E-state index in [4.69, 9.17) is 0 Å². The van der Waals surface area contributed by atoms with Crippen LogP contribution in [0, 0.1) is 0 Å². The molecule has 0 spiro atoms. The molecule has 1 aliphatic heterocycles. The Bertz CT molecular complexity index is 1350. The molecule has 0 radical (unpaired) electrons. The number of Topliss-reactive ketones (excluding diaryl/α,β-unsaturated/α-hetero) is 1. The molecular formula is C28H28F2N4O. The van der Waals surface area contributed by atoms with Crippen LogP contribution < -0.4 is 0 Å². The van der Waals surface area contributed by atoms with Crippen molar-refractivity contribution in [1.29, 1.82) is 0 Å². The highest BCUT2D eigenvalue weighted by atomic mass is 19.3. The number of hydrogen-bond acceptors (Lipinski definition) is 4. The summed E-state index contributed by atoms with van der Waals surface area (Å²) in [6.45, 7) is 2.66. The highest BCUT2D eigenvalue weighted by Crippen LogP contribution is 2.30. The van der Waals surface area contributed by atoms with Crippen molar-refractivity contribution >= 4 is 16.7 Å². The molecule has 1 N–H and O–H groups in total. The van der Waals surface area contributed by atoms with Crippen molar-refractivity contribution in [2.45, 2.75) is 45.1 Å². The third kappa shape index (κ3) is 5.46. The number of pyridine rings is 1. The lowest BCUT2D eigenvalue weighted by Gasteiger charge is -2.15. The number of H-pyrrole nitrogens is 1. The first-order valence-electron chi connectivity index (χ1n) is 12.0. The van der Waals surface area contributed by atoms with Gasteiger partial charge in [-0.05, 0) is 49.1 Å². The van der Waals surface area contributed by atoms with Gasteiger partial charge < -0.3 is 0 Å². The Morgan fingerprint density at radius 1 is 1.20 bits per heavy atom. The summed E-state index contributed by atoms with van der Waals surface area (Å²) in [4.78, 5) is 19.1. The van der Waals surface area contributed by atoms with Gasteiger partial charge in [-0.15, -0.1) is 0 Å².